The van der Waals surface area contributed by atoms with Crippen molar-refractivity contribution in [3.8, 4) is 0 Å². The predicted octanol–water partition coefficient (Wildman–Crippen LogP) is 2.60. The first-order chi connectivity index (χ1) is 5.17. The molecule has 0 saturated carbocycles. The molecule has 0 aromatic carbocycles. The molecule has 1 rings (SSSR count). The predicted molar refractivity (Wildman–Crippen MR) is 43.8 cm³/mol. The van der Waals surface area contributed by atoms with Crippen molar-refractivity contribution in [2.45, 2.75) is 19.4 Å². The van der Waals surface area contributed by atoms with E-state index in [4.69, 9.17) is 4.52 Å². The summed E-state index contributed by atoms with van der Waals surface area (Å²) in [7, 11) is -0.308. The zero-order valence-electron chi connectivity index (χ0n) is 6.27. The van der Waals surface area contributed by atoms with Crippen LogP contribution in [0.4, 0.5) is 0 Å². The second kappa shape index (κ2) is 3.39. The van der Waals surface area contributed by atoms with Gasteiger partial charge in [-0.3, -0.25) is 4.52 Å². The summed E-state index contributed by atoms with van der Waals surface area (Å²) in [4.78, 5) is 4.06. The highest BCUT2D eigenvalue weighted by atomic mass is 32.1. The number of rotatable bonds is 3. The summed E-state index contributed by atoms with van der Waals surface area (Å²) in [5, 5.41) is 1.88. The van der Waals surface area contributed by atoms with E-state index in [0.717, 1.165) is 5.69 Å². The van der Waals surface area contributed by atoms with Gasteiger partial charge in [-0.1, -0.05) is 0 Å². The first-order valence-corrected chi connectivity index (χ1v) is 4.73. The molecule has 0 unspecified atom stereocenters. The van der Waals surface area contributed by atoms with E-state index in [9.17, 15) is 4.57 Å². The first kappa shape index (κ1) is 8.78. The standard InChI is InChI=1S/C6H8NO2PS/c1-6(2,9-10-8)5-3-11-4-7-5/h3-4H,1-2H3. The third kappa shape index (κ3) is 2.06. The second-order valence-corrected chi connectivity index (χ2v) is 3.60. The average molecular weight is 189 g/mol. The lowest BCUT2D eigenvalue weighted by Gasteiger charge is -2.17. The molecule has 0 radical (unpaired) electrons. The van der Waals surface area contributed by atoms with Crippen LogP contribution in [0.3, 0.4) is 0 Å². The Morgan fingerprint density at radius 1 is 1.73 bits per heavy atom. The normalized spacial score (nSPS) is 12.2. The molecular formula is C6H8NO2PS. The van der Waals surface area contributed by atoms with Gasteiger partial charge in [0.25, 0.3) is 0 Å². The lowest BCUT2D eigenvalue weighted by Crippen LogP contribution is -2.17. The van der Waals surface area contributed by atoms with Gasteiger partial charge in [0.15, 0.2) is 0 Å². The Bertz CT molecular complexity index is 235. The summed E-state index contributed by atoms with van der Waals surface area (Å²) in [5.74, 6) is 0. The summed E-state index contributed by atoms with van der Waals surface area (Å²) in [6.45, 7) is 3.65. The van der Waals surface area contributed by atoms with Crippen LogP contribution >= 0.6 is 20.0 Å². The van der Waals surface area contributed by atoms with Crippen LogP contribution in [0.1, 0.15) is 19.5 Å². The van der Waals surface area contributed by atoms with Crippen LogP contribution in [-0.4, -0.2) is 4.98 Å². The molecule has 0 saturated heterocycles. The van der Waals surface area contributed by atoms with Crippen LogP contribution < -0.4 is 0 Å². The highest BCUT2D eigenvalue weighted by molar-refractivity contribution is 7.17. The second-order valence-electron chi connectivity index (χ2n) is 2.55. The molecule has 11 heavy (non-hydrogen) atoms. The van der Waals surface area contributed by atoms with Gasteiger partial charge in [-0.25, -0.2) is 9.55 Å². The lowest BCUT2D eigenvalue weighted by molar-refractivity contribution is 0.123. The van der Waals surface area contributed by atoms with Crippen LogP contribution in [-0.2, 0) is 14.7 Å². The molecule has 60 valence electrons. The van der Waals surface area contributed by atoms with Gasteiger partial charge in [0.1, 0.15) is 5.60 Å². The van der Waals surface area contributed by atoms with Crippen LogP contribution in [0.15, 0.2) is 10.9 Å². The van der Waals surface area contributed by atoms with E-state index >= 15 is 0 Å². The maximum absolute atomic E-state index is 10.2. The van der Waals surface area contributed by atoms with Gasteiger partial charge in [0.2, 0.25) is 0 Å². The van der Waals surface area contributed by atoms with E-state index < -0.39 is 5.60 Å². The molecule has 0 aliphatic heterocycles. The van der Waals surface area contributed by atoms with Crippen molar-refractivity contribution in [3.63, 3.8) is 0 Å². The molecule has 5 heteroatoms. The summed E-state index contributed by atoms with van der Waals surface area (Å²) in [6.07, 6.45) is 0. The zero-order valence-corrected chi connectivity index (χ0v) is 7.98. The van der Waals surface area contributed by atoms with Gasteiger partial charge in [0, 0.05) is 5.38 Å². The quantitative estimate of drug-likeness (QED) is 0.686. The van der Waals surface area contributed by atoms with Crippen LogP contribution in [0.2, 0.25) is 0 Å². The average Bonchev–Trinajstić information content (AvgIpc) is 2.37. The summed E-state index contributed by atoms with van der Waals surface area (Å²) in [5.41, 5.74) is 1.98. The highest BCUT2D eigenvalue weighted by Crippen LogP contribution is 2.27. The fourth-order valence-electron chi connectivity index (χ4n) is 0.650. The molecule has 0 aliphatic rings. The first-order valence-electron chi connectivity index (χ1n) is 3.06. The molecule has 1 heterocycles. The van der Waals surface area contributed by atoms with Crippen LogP contribution in [0.25, 0.3) is 0 Å². The topological polar surface area (TPSA) is 39.2 Å². The van der Waals surface area contributed by atoms with Gasteiger partial charge in [0.05, 0.1) is 11.2 Å². The number of hydrogen-bond acceptors (Lipinski definition) is 4. The fourth-order valence-corrected chi connectivity index (χ4v) is 1.64. The van der Waals surface area contributed by atoms with Crippen molar-refractivity contribution in [2.24, 2.45) is 0 Å². The third-order valence-corrected chi connectivity index (χ3v) is 2.43. The van der Waals surface area contributed by atoms with Crippen molar-refractivity contribution >= 4 is 20.0 Å². The smallest absolute Gasteiger partial charge is 0.282 e. The van der Waals surface area contributed by atoms with Crippen LogP contribution in [0, 0.1) is 0 Å². The molecule has 3 nitrogen and oxygen atoms in total. The van der Waals surface area contributed by atoms with Crippen molar-refractivity contribution in [2.75, 3.05) is 0 Å². The molecule has 1 aromatic heterocycles. The Labute approximate surface area is 70.7 Å². The maximum Gasteiger partial charge on any atom is 0.328 e. The number of aromatic nitrogens is 1. The van der Waals surface area contributed by atoms with E-state index in [0.29, 0.717) is 0 Å². The lowest BCUT2D eigenvalue weighted by atomic mass is 10.1. The SMILES string of the molecule is CC(C)(OP=O)c1cscn1. The van der Waals surface area contributed by atoms with E-state index in [-0.39, 0.29) is 8.69 Å². The Morgan fingerprint density at radius 3 is 2.91 bits per heavy atom. The van der Waals surface area contributed by atoms with Gasteiger partial charge >= 0.3 is 8.69 Å². The molecule has 0 N–H and O–H groups in total. The van der Waals surface area contributed by atoms with Gasteiger partial charge in [-0.15, -0.1) is 11.3 Å². The number of thiazole rings is 1. The molecule has 0 fully saturated rings. The molecule has 0 aliphatic carbocycles. The number of nitrogens with zero attached hydrogens (tertiary/aromatic N) is 1. The summed E-state index contributed by atoms with van der Waals surface area (Å²) >= 11 is 1.50. The molecule has 0 spiro atoms. The van der Waals surface area contributed by atoms with Crippen molar-refractivity contribution < 1.29 is 9.09 Å². The van der Waals surface area contributed by atoms with Gasteiger partial charge < -0.3 is 0 Å². The minimum atomic E-state index is -0.552. The Balaban J connectivity index is 2.81. The van der Waals surface area contributed by atoms with Crippen molar-refractivity contribution in [1.82, 2.24) is 4.98 Å². The molecule has 1 aromatic rings. The molecule has 0 bridgehead atoms. The van der Waals surface area contributed by atoms with Gasteiger partial charge in [-0.05, 0) is 13.8 Å². The monoisotopic (exact) mass is 189 g/mol. The van der Waals surface area contributed by atoms with E-state index in [1.165, 1.54) is 11.3 Å². The Hall–Kier alpha value is -0.310. The van der Waals surface area contributed by atoms with Gasteiger partial charge in [-0.2, -0.15) is 0 Å². The Morgan fingerprint density at radius 2 is 2.45 bits per heavy atom. The van der Waals surface area contributed by atoms with E-state index in [1.54, 1.807) is 5.51 Å². The zero-order chi connectivity index (χ0) is 8.32. The number of hydrogen-bond donors (Lipinski definition) is 0. The third-order valence-electron chi connectivity index (χ3n) is 1.31. The fraction of sp³-hybridized carbons (Fsp3) is 0.500. The summed E-state index contributed by atoms with van der Waals surface area (Å²) in [6, 6.07) is 0. The van der Waals surface area contributed by atoms with Crippen LogP contribution in [0.5, 0.6) is 0 Å². The molecular weight excluding hydrogens is 181 g/mol. The van der Waals surface area contributed by atoms with Crippen molar-refractivity contribution in [1.29, 1.82) is 0 Å². The molecule has 0 amide bonds. The molecule has 0 atom stereocenters. The summed E-state index contributed by atoms with van der Waals surface area (Å²) < 4.78 is 15.1. The van der Waals surface area contributed by atoms with E-state index in [2.05, 4.69) is 4.98 Å². The van der Waals surface area contributed by atoms with Crippen molar-refractivity contribution in [3.05, 3.63) is 16.6 Å². The maximum atomic E-state index is 10.2. The van der Waals surface area contributed by atoms with E-state index in [1.807, 2.05) is 19.2 Å². The minimum Gasteiger partial charge on any atom is -0.282 e. The minimum absolute atomic E-state index is 0.308. The highest BCUT2D eigenvalue weighted by Gasteiger charge is 2.23. The largest absolute Gasteiger partial charge is 0.328 e. The Kier molecular flexibility index (Phi) is 2.71.